The summed E-state index contributed by atoms with van der Waals surface area (Å²) in [4.78, 5) is 11.5. The van der Waals surface area contributed by atoms with Crippen LogP contribution in [-0.4, -0.2) is 19.1 Å². The van der Waals surface area contributed by atoms with Crippen molar-refractivity contribution in [3.05, 3.63) is 29.8 Å². The summed E-state index contributed by atoms with van der Waals surface area (Å²) in [6, 6.07) is 9.46. The molecule has 4 heteroatoms. The van der Waals surface area contributed by atoms with Gasteiger partial charge in [-0.1, -0.05) is 19.1 Å². The van der Waals surface area contributed by atoms with Gasteiger partial charge in [0.25, 0.3) is 0 Å². The highest BCUT2D eigenvalue weighted by Crippen LogP contribution is 2.23. The van der Waals surface area contributed by atoms with Crippen molar-refractivity contribution in [3.8, 4) is 6.07 Å². The molecule has 1 unspecified atom stereocenters. The van der Waals surface area contributed by atoms with Gasteiger partial charge in [-0.3, -0.25) is 0 Å². The Balaban J connectivity index is 2.83. The van der Waals surface area contributed by atoms with Crippen LogP contribution in [0.5, 0.6) is 0 Å². The molecule has 0 aromatic heterocycles. The third kappa shape index (κ3) is 3.72. The van der Waals surface area contributed by atoms with Gasteiger partial charge < -0.3 is 10.1 Å². The molecule has 1 atom stereocenters. The number of nitrogens with zero attached hydrogens (tertiary/aromatic N) is 1. The van der Waals surface area contributed by atoms with E-state index in [1.807, 2.05) is 45.0 Å². The van der Waals surface area contributed by atoms with Gasteiger partial charge in [-0.15, -0.1) is 0 Å². The van der Waals surface area contributed by atoms with Crippen molar-refractivity contribution < 1.29 is 9.53 Å². The zero-order valence-electron chi connectivity index (χ0n) is 11.9. The Labute approximate surface area is 114 Å². The fraction of sp³-hybridized carbons (Fsp3) is 0.467. The zero-order chi connectivity index (χ0) is 14.5. The Morgan fingerprint density at radius 1 is 1.42 bits per heavy atom. The topological polar surface area (TPSA) is 62.1 Å². The number of anilines is 1. The second kappa shape index (κ2) is 6.24. The van der Waals surface area contributed by atoms with E-state index in [2.05, 4.69) is 11.4 Å². The van der Waals surface area contributed by atoms with Crippen LogP contribution < -0.4 is 5.32 Å². The standard InChI is InChI=1S/C15H20N2O2/c1-5-13(14(18)19-4)17-12-8-6-11(7-9-12)15(2,3)10-16/h6-9,13,17H,5H2,1-4H3. The Bertz CT molecular complexity index is 472. The summed E-state index contributed by atoms with van der Waals surface area (Å²) in [6.45, 7) is 5.67. The summed E-state index contributed by atoms with van der Waals surface area (Å²) in [5.41, 5.74) is 1.28. The number of ether oxygens (including phenoxy) is 1. The summed E-state index contributed by atoms with van der Waals surface area (Å²) in [5, 5.41) is 12.2. The second-order valence-electron chi connectivity index (χ2n) is 4.94. The molecule has 0 aliphatic heterocycles. The first kappa shape index (κ1) is 15.0. The van der Waals surface area contributed by atoms with Crippen LogP contribution in [-0.2, 0) is 14.9 Å². The first-order chi connectivity index (χ1) is 8.94. The van der Waals surface area contributed by atoms with Gasteiger partial charge in [-0.05, 0) is 38.0 Å². The summed E-state index contributed by atoms with van der Waals surface area (Å²) >= 11 is 0. The lowest BCUT2D eigenvalue weighted by Gasteiger charge is -2.18. The third-order valence-corrected chi connectivity index (χ3v) is 3.12. The van der Waals surface area contributed by atoms with E-state index in [-0.39, 0.29) is 12.0 Å². The average Bonchev–Trinajstić information content (AvgIpc) is 2.44. The number of nitrogens with one attached hydrogen (secondary N) is 1. The average molecular weight is 260 g/mol. The Hall–Kier alpha value is -2.02. The lowest BCUT2D eigenvalue weighted by atomic mass is 9.86. The van der Waals surface area contributed by atoms with E-state index < -0.39 is 5.41 Å². The van der Waals surface area contributed by atoms with Crippen LogP contribution in [0.15, 0.2) is 24.3 Å². The molecule has 1 rings (SSSR count). The molecule has 0 radical (unpaired) electrons. The van der Waals surface area contributed by atoms with E-state index in [4.69, 9.17) is 10.00 Å². The maximum absolute atomic E-state index is 11.5. The van der Waals surface area contributed by atoms with Crippen LogP contribution in [0.2, 0.25) is 0 Å². The highest BCUT2D eigenvalue weighted by molar-refractivity contribution is 5.79. The SMILES string of the molecule is CCC(Nc1ccc(C(C)(C)C#N)cc1)C(=O)OC. The van der Waals surface area contributed by atoms with Gasteiger partial charge in [0.1, 0.15) is 6.04 Å². The van der Waals surface area contributed by atoms with Crippen molar-refractivity contribution in [1.82, 2.24) is 0 Å². The van der Waals surface area contributed by atoms with Crippen LogP contribution in [0.25, 0.3) is 0 Å². The van der Waals surface area contributed by atoms with Crippen LogP contribution in [0.4, 0.5) is 5.69 Å². The molecule has 0 fully saturated rings. The number of methoxy groups -OCH3 is 1. The molecule has 0 saturated heterocycles. The molecule has 4 nitrogen and oxygen atoms in total. The monoisotopic (exact) mass is 260 g/mol. The first-order valence-electron chi connectivity index (χ1n) is 6.30. The lowest BCUT2D eigenvalue weighted by Crippen LogP contribution is -2.29. The van der Waals surface area contributed by atoms with Crippen molar-refractivity contribution >= 4 is 11.7 Å². The minimum Gasteiger partial charge on any atom is -0.467 e. The van der Waals surface area contributed by atoms with Gasteiger partial charge in [0.15, 0.2) is 0 Å². The van der Waals surface area contributed by atoms with Gasteiger partial charge in [-0.25, -0.2) is 4.79 Å². The summed E-state index contributed by atoms with van der Waals surface area (Å²) in [6.07, 6.45) is 0.651. The van der Waals surface area contributed by atoms with Crippen molar-refractivity contribution in [1.29, 1.82) is 5.26 Å². The normalized spacial score (nSPS) is 12.4. The molecule has 102 valence electrons. The predicted octanol–water partition coefficient (Wildman–Crippen LogP) is 2.85. The molecule has 0 bridgehead atoms. The molecule has 0 aliphatic rings. The maximum Gasteiger partial charge on any atom is 0.328 e. The van der Waals surface area contributed by atoms with Gasteiger partial charge >= 0.3 is 5.97 Å². The Morgan fingerprint density at radius 2 is 2.00 bits per heavy atom. The molecule has 0 amide bonds. The maximum atomic E-state index is 11.5. The lowest BCUT2D eigenvalue weighted by molar-refractivity contribution is -0.141. The molecule has 0 spiro atoms. The number of benzene rings is 1. The minimum atomic E-state index is -0.509. The summed E-state index contributed by atoms with van der Waals surface area (Å²) < 4.78 is 4.73. The first-order valence-corrected chi connectivity index (χ1v) is 6.30. The molecule has 1 aromatic rings. The predicted molar refractivity (Wildman–Crippen MR) is 74.8 cm³/mol. The number of carbonyl (C=O) groups is 1. The van der Waals surface area contributed by atoms with E-state index in [1.165, 1.54) is 7.11 Å². The van der Waals surface area contributed by atoms with Gasteiger partial charge in [-0.2, -0.15) is 5.26 Å². The van der Waals surface area contributed by atoms with E-state index in [1.54, 1.807) is 0 Å². The van der Waals surface area contributed by atoms with Crippen LogP contribution in [0, 0.1) is 11.3 Å². The number of hydrogen-bond donors (Lipinski definition) is 1. The van der Waals surface area contributed by atoms with Gasteiger partial charge in [0.2, 0.25) is 0 Å². The van der Waals surface area contributed by atoms with Crippen molar-refractivity contribution in [2.75, 3.05) is 12.4 Å². The smallest absolute Gasteiger partial charge is 0.328 e. The molecular weight excluding hydrogens is 240 g/mol. The number of carbonyl (C=O) groups excluding carboxylic acids is 1. The molecule has 1 N–H and O–H groups in total. The zero-order valence-corrected chi connectivity index (χ0v) is 11.9. The van der Waals surface area contributed by atoms with Crippen LogP contribution in [0.3, 0.4) is 0 Å². The van der Waals surface area contributed by atoms with E-state index >= 15 is 0 Å². The van der Waals surface area contributed by atoms with E-state index in [9.17, 15) is 4.79 Å². The van der Waals surface area contributed by atoms with Crippen molar-refractivity contribution in [2.24, 2.45) is 0 Å². The third-order valence-electron chi connectivity index (χ3n) is 3.12. The largest absolute Gasteiger partial charge is 0.467 e. The molecule has 1 aromatic carbocycles. The van der Waals surface area contributed by atoms with Crippen molar-refractivity contribution in [2.45, 2.75) is 38.6 Å². The van der Waals surface area contributed by atoms with Crippen LogP contribution >= 0.6 is 0 Å². The Morgan fingerprint density at radius 3 is 2.42 bits per heavy atom. The molecule has 19 heavy (non-hydrogen) atoms. The molecule has 0 saturated carbocycles. The van der Waals surface area contributed by atoms with E-state index in [0.717, 1.165) is 11.3 Å². The Kier molecular flexibility index (Phi) is 4.94. The number of hydrogen-bond acceptors (Lipinski definition) is 4. The minimum absolute atomic E-state index is 0.274. The van der Waals surface area contributed by atoms with E-state index in [0.29, 0.717) is 6.42 Å². The fourth-order valence-electron chi connectivity index (χ4n) is 1.72. The summed E-state index contributed by atoms with van der Waals surface area (Å²) in [7, 11) is 1.38. The van der Waals surface area contributed by atoms with Gasteiger partial charge in [0.05, 0.1) is 18.6 Å². The van der Waals surface area contributed by atoms with Crippen molar-refractivity contribution in [3.63, 3.8) is 0 Å². The number of rotatable bonds is 5. The molecule has 0 aliphatic carbocycles. The fourth-order valence-corrected chi connectivity index (χ4v) is 1.72. The van der Waals surface area contributed by atoms with Crippen LogP contribution in [0.1, 0.15) is 32.8 Å². The quantitative estimate of drug-likeness (QED) is 0.827. The summed E-state index contributed by atoms with van der Waals surface area (Å²) in [5.74, 6) is -0.274. The number of esters is 1. The second-order valence-corrected chi connectivity index (χ2v) is 4.94. The van der Waals surface area contributed by atoms with Gasteiger partial charge in [0, 0.05) is 5.69 Å². The molecule has 0 heterocycles. The molecular formula is C15H20N2O2. The highest BCUT2D eigenvalue weighted by Gasteiger charge is 2.20. The number of nitriles is 1. The highest BCUT2D eigenvalue weighted by atomic mass is 16.5.